The van der Waals surface area contributed by atoms with Gasteiger partial charge in [-0.05, 0) is 31.9 Å². The summed E-state index contributed by atoms with van der Waals surface area (Å²) in [5.74, 6) is 0.866. The first kappa shape index (κ1) is 16.4. The summed E-state index contributed by atoms with van der Waals surface area (Å²) < 4.78 is 4.95. The van der Waals surface area contributed by atoms with Gasteiger partial charge in [0, 0.05) is 36.0 Å². The van der Waals surface area contributed by atoms with Gasteiger partial charge in [-0.1, -0.05) is 23.4 Å². The van der Waals surface area contributed by atoms with Gasteiger partial charge in [0.1, 0.15) is 11.5 Å². The van der Waals surface area contributed by atoms with Crippen LogP contribution in [0.1, 0.15) is 29.1 Å². The summed E-state index contributed by atoms with van der Waals surface area (Å²) in [5, 5.41) is 7.57. The van der Waals surface area contributed by atoms with E-state index in [0.29, 0.717) is 43.2 Å². The highest BCUT2D eigenvalue weighted by Crippen LogP contribution is 2.22. The Hall–Kier alpha value is -3.09. The number of carbonyl (C=O) groups is 2. The Morgan fingerprint density at radius 1 is 1.23 bits per heavy atom. The van der Waals surface area contributed by atoms with Gasteiger partial charge in [0.25, 0.3) is 5.91 Å². The third-order valence-corrected chi connectivity index (χ3v) is 4.79. The lowest BCUT2D eigenvalue weighted by atomic mass is 9.95. The van der Waals surface area contributed by atoms with Crippen molar-refractivity contribution in [3.8, 4) is 0 Å². The summed E-state index contributed by atoms with van der Waals surface area (Å²) in [7, 11) is 0. The normalized spacial score (nSPS) is 15.3. The molecule has 7 heteroatoms. The van der Waals surface area contributed by atoms with E-state index in [1.54, 1.807) is 17.9 Å². The first-order valence-electron chi connectivity index (χ1n) is 8.71. The van der Waals surface area contributed by atoms with Crippen LogP contribution in [0.3, 0.4) is 0 Å². The van der Waals surface area contributed by atoms with Crippen LogP contribution in [-0.4, -0.2) is 39.9 Å². The van der Waals surface area contributed by atoms with Gasteiger partial charge in [-0.3, -0.25) is 9.59 Å². The quantitative estimate of drug-likeness (QED) is 0.758. The molecule has 0 aliphatic carbocycles. The van der Waals surface area contributed by atoms with Crippen LogP contribution in [0.15, 0.2) is 40.9 Å². The van der Waals surface area contributed by atoms with E-state index in [2.05, 4.69) is 15.5 Å². The number of amides is 2. The first-order chi connectivity index (χ1) is 12.6. The molecule has 0 radical (unpaired) electrons. The van der Waals surface area contributed by atoms with Gasteiger partial charge in [0.05, 0.1) is 0 Å². The minimum absolute atomic E-state index is 0.0211. The number of nitrogens with one attached hydrogen (secondary N) is 2. The van der Waals surface area contributed by atoms with E-state index in [0.717, 1.165) is 10.9 Å². The molecule has 2 aromatic heterocycles. The van der Waals surface area contributed by atoms with Crippen molar-refractivity contribution < 1.29 is 14.1 Å². The summed E-state index contributed by atoms with van der Waals surface area (Å²) in [5.41, 5.74) is 1.54. The van der Waals surface area contributed by atoms with E-state index in [1.165, 1.54) is 0 Å². The van der Waals surface area contributed by atoms with Crippen LogP contribution in [0.5, 0.6) is 0 Å². The number of hydrogen-bond donors (Lipinski definition) is 2. The molecule has 4 rings (SSSR count). The third kappa shape index (κ3) is 3.20. The Morgan fingerprint density at radius 3 is 2.69 bits per heavy atom. The smallest absolute Gasteiger partial charge is 0.270 e. The fourth-order valence-electron chi connectivity index (χ4n) is 3.36. The Labute approximate surface area is 150 Å². The highest BCUT2D eigenvalue weighted by atomic mass is 16.5. The standard InChI is InChI=1S/C19H20N4O3/c1-12-10-17(22-26-12)21-18(24)13-6-8-23(9-7-13)19(25)16-11-14-4-2-3-5-15(14)20-16/h2-5,10-11,13,20H,6-9H2,1H3,(H,21,22,24). The van der Waals surface area contributed by atoms with Gasteiger partial charge >= 0.3 is 0 Å². The number of hydrogen-bond acceptors (Lipinski definition) is 4. The molecule has 2 amide bonds. The van der Waals surface area contributed by atoms with Gasteiger partial charge in [-0.25, -0.2) is 0 Å². The summed E-state index contributed by atoms with van der Waals surface area (Å²) in [6, 6.07) is 11.4. The van der Waals surface area contributed by atoms with E-state index in [1.807, 2.05) is 30.3 Å². The van der Waals surface area contributed by atoms with Crippen molar-refractivity contribution in [1.82, 2.24) is 15.0 Å². The number of carbonyl (C=O) groups excluding carboxylic acids is 2. The number of aromatic amines is 1. The van der Waals surface area contributed by atoms with Crippen LogP contribution < -0.4 is 5.32 Å². The molecule has 7 nitrogen and oxygen atoms in total. The summed E-state index contributed by atoms with van der Waals surface area (Å²) in [4.78, 5) is 30.0. The molecule has 0 saturated carbocycles. The molecule has 26 heavy (non-hydrogen) atoms. The lowest BCUT2D eigenvalue weighted by Gasteiger charge is -2.30. The van der Waals surface area contributed by atoms with Crippen LogP contribution in [0.4, 0.5) is 5.82 Å². The largest absolute Gasteiger partial charge is 0.360 e. The maximum absolute atomic E-state index is 12.7. The predicted molar refractivity (Wildman–Crippen MR) is 96.8 cm³/mol. The van der Waals surface area contributed by atoms with E-state index >= 15 is 0 Å². The molecule has 1 aliphatic rings. The highest BCUT2D eigenvalue weighted by Gasteiger charge is 2.28. The molecule has 0 spiro atoms. The lowest BCUT2D eigenvalue weighted by molar-refractivity contribution is -0.121. The van der Waals surface area contributed by atoms with Crippen molar-refractivity contribution >= 4 is 28.5 Å². The average Bonchev–Trinajstić information content (AvgIpc) is 3.27. The lowest BCUT2D eigenvalue weighted by Crippen LogP contribution is -2.41. The van der Waals surface area contributed by atoms with Gasteiger partial charge in [0.2, 0.25) is 5.91 Å². The predicted octanol–water partition coefficient (Wildman–Crippen LogP) is 2.96. The molecular weight excluding hydrogens is 332 g/mol. The van der Waals surface area contributed by atoms with Crippen molar-refractivity contribution in [2.75, 3.05) is 18.4 Å². The highest BCUT2D eigenvalue weighted by molar-refractivity contribution is 5.98. The van der Waals surface area contributed by atoms with E-state index in [9.17, 15) is 9.59 Å². The second kappa shape index (κ2) is 6.67. The number of aryl methyl sites for hydroxylation is 1. The first-order valence-corrected chi connectivity index (χ1v) is 8.71. The van der Waals surface area contributed by atoms with Crippen molar-refractivity contribution in [3.05, 3.63) is 47.9 Å². The number of nitrogens with zero attached hydrogens (tertiary/aromatic N) is 2. The monoisotopic (exact) mass is 352 g/mol. The molecule has 0 bridgehead atoms. The molecule has 0 atom stereocenters. The number of aromatic nitrogens is 2. The fourth-order valence-corrected chi connectivity index (χ4v) is 3.36. The third-order valence-electron chi connectivity index (χ3n) is 4.79. The number of anilines is 1. The van der Waals surface area contributed by atoms with Gasteiger partial charge in [-0.2, -0.15) is 0 Å². The molecule has 1 aromatic carbocycles. The minimum Gasteiger partial charge on any atom is -0.360 e. The van der Waals surface area contributed by atoms with Gasteiger partial charge < -0.3 is 19.7 Å². The zero-order valence-electron chi connectivity index (χ0n) is 14.5. The van der Waals surface area contributed by atoms with Crippen molar-refractivity contribution in [2.45, 2.75) is 19.8 Å². The van der Waals surface area contributed by atoms with E-state index in [4.69, 9.17) is 4.52 Å². The van der Waals surface area contributed by atoms with Crippen molar-refractivity contribution in [2.24, 2.45) is 5.92 Å². The summed E-state index contributed by atoms with van der Waals surface area (Å²) in [6.45, 7) is 2.89. The maximum Gasteiger partial charge on any atom is 0.270 e. The number of rotatable bonds is 3. The molecule has 1 saturated heterocycles. The second-order valence-electron chi connectivity index (χ2n) is 6.65. The van der Waals surface area contributed by atoms with Gasteiger partial charge in [0.15, 0.2) is 5.82 Å². The van der Waals surface area contributed by atoms with Gasteiger partial charge in [-0.15, -0.1) is 0 Å². The number of fused-ring (bicyclic) bond motifs is 1. The van der Waals surface area contributed by atoms with Crippen LogP contribution in [0.25, 0.3) is 10.9 Å². The van der Waals surface area contributed by atoms with E-state index < -0.39 is 0 Å². The maximum atomic E-state index is 12.7. The molecule has 2 N–H and O–H groups in total. The SMILES string of the molecule is Cc1cc(NC(=O)C2CCN(C(=O)c3cc4ccccc4[nH]3)CC2)no1. The molecule has 3 aromatic rings. The Bertz CT molecular complexity index is 918. The Kier molecular flexibility index (Phi) is 4.20. The number of H-pyrrole nitrogens is 1. The molecule has 134 valence electrons. The van der Waals surface area contributed by atoms with Crippen LogP contribution in [-0.2, 0) is 4.79 Å². The zero-order valence-corrected chi connectivity index (χ0v) is 14.5. The zero-order chi connectivity index (χ0) is 18.1. The number of benzene rings is 1. The van der Waals surface area contributed by atoms with Crippen molar-refractivity contribution in [1.29, 1.82) is 0 Å². The summed E-state index contributed by atoms with van der Waals surface area (Å²) >= 11 is 0. The molecule has 1 aliphatic heterocycles. The topological polar surface area (TPSA) is 91.2 Å². The van der Waals surface area contributed by atoms with Crippen molar-refractivity contribution in [3.63, 3.8) is 0 Å². The van der Waals surface area contributed by atoms with Crippen LogP contribution in [0, 0.1) is 12.8 Å². The molecule has 1 fully saturated rings. The Balaban J connectivity index is 1.36. The molecule has 0 unspecified atom stereocenters. The molecular formula is C19H20N4O3. The van der Waals surface area contributed by atoms with Crippen LogP contribution >= 0.6 is 0 Å². The number of likely N-dealkylation sites (tertiary alicyclic amines) is 1. The van der Waals surface area contributed by atoms with Crippen LogP contribution in [0.2, 0.25) is 0 Å². The molecule has 3 heterocycles. The second-order valence-corrected chi connectivity index (χ2v) is 6.65. The minimum atomic E-state index is -0.126. The van der Waals surface area contributed by atoms with E-state index in [-0.39, 0.29) is 17.7 Å². The summed E-state index contributed by atoms with van der Waals surface area (Å²) in [6.07, 6.45) is 1.27. The number of piperidine rings is 1. The number of para-hydroxylation sites is 1. The fraction of sp³-hybridized carbons (Fsp3) is 0.316. The Morgan fingerprint density at radius 2 is 2.00 bits per heavy atom. The average molecular weight is 352 g/mol.